The number of carboxylic acid groups (broad SMARTS) is 1. The highest BCUT2D eigenvalue weighted by Gasteiger charge is 2.38. The lowest BCUT2D eigenvalue weighted by atomic mass is 9.93. The van der Waals surface area contributed by atoms with E-state index in [4.69, 9.17) is 5.11 Å². The number of nitrogens with zero attached hydrogens (tertiary/aromatic N) is 1. The molecule has 0 spiro atoms. The van der Waals surface area contributed by atoms with Gasteiger partial charge in [-0.1, -0.05) is 13.8 Å². The van der Waals surface area contributed by atoms with E-state index < -0.39 is 5.97 Å². The van der Waals surface area contributed by atoms with E-state index in [1.165, 1.54) is 6.42 Å². The predicted octanol–water partition coefficient (Wildman–Crippen LogP) is 1.97. The minimum Gasteiger partial charge on any atom is -0.481 e. The highest BCUT2D eigenvalue weighted by atomic mass is 16.4. The van der Waals surface area contributed by atoms with Crippen LogP contribution in [0.15, 0.2) is 0 Å². The van der Waals surface area contributed by atoms with Crippen LogP contribution in [0, 0.1) is 11.3 Å². The SMILES string of the molecule is CC1(C)CCN(C2CCC(C(=O)O)C2)C1. The van der Waals surface area contributed by atoms with Gasteiger partial charge in [0.25, 0.3) is 0 Å². The van der Waals surface area contributed by atoms with Crippen LogP contribution in [0.4, 0.5) is 0 Å². The number of hydrogen-bond acceptors (Lipinski definition) is 2. The van der Waals surface area contributed by atoms with Crippen LogP contribution in [0.5, 0.6) is 0 Å². The molecule has 3 nitrogen and oxygen atoms in total. The van der Waals surface area contributed by atoms with Gasteiger partial charge in [0.1, 0.15) is 0 Å². The lowest BCUT2D eigenvalue weighted by Gasteiger charge is -2.25. The van der Waals surface area contributed by atoms with Gasteiger partial charge in [-0.25, -0.2) is 0 Å². The van der Waals surface area contributed by atoms with Crippen LogP contribution in [0.2, 0.25) is 0 Å². The van der Waals surface area contributed by atoms with Gasteiger partial charge in [-0.3, -0.25) is 9.69 Å². The molecule has 2 atom stereocenters. The summed E-state index contributed by atoms with van der Waals surface area (Å²) in [6, 6.07) is 0.535. The van der Waals surface area contributed by atoms with E-state index in [1.807, 2.05) is 0 Å². The summed E-state index contributed by atoms with van der Waals surface area (Å²) in [5, 5.41) is 8.96. The van der Waals surface area contributed by atoms with E-state index in [0.717, 1.165) is 32.4 Å². The molecule has 0 aromatic carbocycles. The molecule has 0 amide bonds. The molecule has 2 rings (SSSR count). The average molecular weight is 211 g/mol. The summed E-state index contributed by atoms with van der Waals surface area (Å²) in [5.41, 5.74) is 0.432. The molecule has 1 heterocycles. The zero-order valence-corrected chi connectivity index (χ0v) is 9.70. The molecule has 15 heavy (non-hydrogen) atoms. The van der Waals surface area contributed by atoms with E-state index in [-0.39, 0.29) is 5.92 Å². The van der Waals surface area contributed by atoms with Crippen molar-refractivity contribution < 1.29 is 9.90 Å². The van der Waals surface area contributed by atoms with Crippen LogP contribution < -0.4 is 0 Å². The second-order valence-corrected chi connectivity index (χ2v) is 5.89. The molecular formula is C12H21NO2. The van der Waals surface area contributed by atoms with Crippen molar-refractivity contribution in [1.82, 2.24) is 4.90 Å². The summed E-state index contributed by atoms with van der Waals surface area (Å²) in [5.74, 6) is -0.685. The summed E-state index contributed by atoms with van der Waals surface area (Å²) >= 11 is 0. The molecular weight excluding hydrogens is 190 g/mol. The molecule has 0 aromatic rings. The van der Waals surface area contributed by atoms with Crippen molar-refractivity contribution in [3.8, 4) is 0 Å². The fourth-order valence-corrected chi connectivity index (χ4v) is 2.98. The first-order valence-electron chi connectivity index (χ1n) is 5.95. The number of rotatable bonds is 2. The maximum absolute atomic E-state index is 10.9. The van der Waals surface area contributed by atoms with E-state index in [9.17, 15) is 4.79 Å². The molecule has 0 aromatic heterocycles. The van der Waals surface area contributed by atoms with Crippen molar-refractivity contribution in [3.63, 3.8) is 0 Å². The minimum atomic E-state index is -0.601. The fraction of sp³-hybridized carbons (Fsp3) is 0.917. The smallest absolute Gasteiger partial charge is 0.306 e. The Morgan fingerprint density at radius 3 is 2.60 bits per heavy atom. The van der Waals surface area contributed by atoms with E-state index in [0.29, 0.717) is 11.5 Å². The van der Waals surface area contributed by atoms with Crippen LogP contribution in [0.3, 0.4) is 0 Å². The Morgan fingerprint density at radius 2 is 2.13 bits per heavy atom. The maximum atomic E-state index is 10.9. The summed E-state index contributed by atoms with van der Waals surface area (Å²) in [4.78, 5) is 13.4. The molecule has 2 aliphatic rings. The number of hydrogen-bond donors (Lipinski definition) is 1. The normalized spacial score (nSPS) is 35.9. The third kappa shape index (κ3) is 2.33. The Bertz CT molecular complexity index is 262. The van der Waals surface area contributed by atoms with Crippen LogP contribution in [0.25, 0.3) is 0 Å². The summed E-state index contributed by atoms with van der Waals surface area (Å²) in [6.45, 7) is 6.90. The van der Waals surface area contributed by atoms with Gasteiger partial charge in [-0.2, -0.15) is 0 Å². The lowest BCUT2D eigenvalue weighted by Crippen LogP contribution is -2.33. The molecule has 3 heteroatoms. The van der Waals surface area contributed by atoms with Gasteiger partial charge in [-0.05, 0) is 37.6 Å². The average Bonchev–Trinajstić information content (AvgIpc) is 2.70. The molecule has 0 bridgehead atoms. The molecule has 86 valence electrons. The Labute approximate surface area is 91.5 Å². The molecule has 1 aliphatic heterocycles. The molecule has 1 aliphatic carbocycles. The van der Waals surface area contributed by atoms with Crippen LogP contribution in [-0.2, 0) is 4.79 Å². The maximum Gasteiger partial charge on any atom is 0.306 e. The van der Waals surface area contributed by atoms with Gasteiger partial charge in [0.2, 0.25) is 0 Å². The third-order valence-electron chi connectivity index (χ3n) is 3.98. The van der Waals surface area contributed by atoms with Crippen LogP contribution >= 0.6 is 0 Å². The van der Waals surface area contributed by atoms with Gasteiger partial charge in [0, 0.05) is 12.6 Å². The largest absolute Gasteiger partial charge is 0.481 e. The monoisotopic (exact) mass is 211 g/mol. The van der Waals surface area contributed by atoms with Crippen molar-refractivity contribution in [2.45, 2.75) is 45.6 Å². The first-order chi connectivity index (χ1) is 6.98. The van der Waals surface area contributed by atoms with Gasteiger partial charge < -0.3 is 5.11 Å². The lowest BCUT2D eigenvalue weighted by molar-refractivity contribution is -0.141. The Balaban J connectivity index is 1.89. The Morgan fingerprint density at radius 1 is 1.40 bits per heavy atom. The van der Waals surface area contributed by atoms with Crippen molar-refractivity contribution in [2.75, 3.05) is 13.1 Å². The first kappa shape index (κ1) is 10.9. The van der Waals surface area contributed by atoms with Gasteiger partial charge in [0.15, 0.2) is 0 Å². The summed E-state index contributed by atoms with van der Waals surface area (Å²) < 4.78 is 0. The highest BCUT2D eigenvalue weighted by molar-refractivity contribution is 5.70. The molecule has 2 unspecified atom stereocenters. The minimum absolute atomic E-state index is 0.0845. The van der Waals surface area contributed by atoms with Gasteiger partial charge in [-0.15, -0.1) is 0 Å². The molecule has 1 saturated carbocycles. The number of aliphatic carboxylic acids is 1. The number of carbonyl (C=O) groups is 1. The molecule has 0 radical (unpaired) electrons. The third-order valence-corrected chi connectivity index (χ3v) is 3.98. The summed E-state index contributed by atoms with van der Waals surface area (Å²) in [7, 11) is 0. The second-order valence-electron chi connectivity index (χ2n) is 5.89. The Kier molecular flexibility index (Phi) is 2.75. The quantitative estimate of drug-likeness (QED) is 0.759. The first-order valence-corrected chi connectivity index (χ1v) is 5.95. The number of likely N-dealkylation sites (tertiary alicyclic amines) is 1. The molecule has 1 N–H and O–H groups in total. The number of carboxylic acids is 1. The molecule has 1 saturated heterocycles. The second kappa shape index (κ2) is 3.78. The zero-order chi connectivity index (χ0) is 11.1. The molecule has 2 fully saturated rings. The van der Waals surface area contributed by atoms with Crippen molar-refractivity contribution in [2.24, 2.45) is 11.3 Å². The fourth-order valence-electron chi connectivity index (χ4n) is 2.98. The predicted molar refractivity (Wildman–Crippen MR) is 58.7 cm³/mol. The van der Waals surface area contributed by atoms with Gasteiger partial charge >= 0.3 is 5.97 Å². The van der Waals surface area contributed by atoms with E-state index >= 15 is 0 Å². The van der Waals surface area contributed by atoms with Crippen molar-refractivity contribution >= 4 is 5.97 Å². The van der Waals surface area contributed by atoms with Gasteiger partial charge in [0.05, 0.1) is 5.92 Å². The van der Waals surface area contributed by atoms with E-state index in [1.54, 1.807) is 0 Å². The highest BCUT2D eigenvalue weighted by Crippen LogP contribution is 2.36. The summed E-state index contributed by atoms with van der Waals surface area (Å²) in [6.07, 6.45) is 4.07. The topological polar surface area (TPSA) is 40.5 Å². The van der Waals surface area contributed by atoms with E-state index in [2.05, 4.69) is 18.7 Å². The standard InChI is InChI=1S/C12H21NO2/c1-12(2)5-6-13(8-12)10-4-3-9(7-10)11(14)15/h9-10H,3-8H2,1-2H3,(H,14,15). The van der Waals surface area contributed by atoms with Crippen molar-refractivity contribution in [1.29, 1.82) is 0 Å². The Hall–Kier alpha value is -0.570. The van der Waals surface area contributed by atoms with Crippen LogP contribution in [0.1, 0.15) is 39.5 Å². The van der Waals surface area contributed by atoms with Crippen molar-refractivity contribution in [3.05, 3.63) is 0 Å². The van der Waals surface area contributed by atoms with Crippen LogP contribution in [-0.4, -0.2) is 35.1 Å². The zero-order valence-electron chi connectivity index (χ0n) is 9.70.